The highest BCUT2D eigenvalue weighted by Crippen LogP contribution is 2.29. The largest absolute Gasteiger partial charge is 0.481 e. The van der Waals surface area contributed by atoms with E-state index in [1.54, 1.807) is 21.7 Å². The van der Waals surface area contributed by atoms with Crippen LogP contribution < -0.4 is 0 Å². The van der Waals surface area contributed by atoms with Gasteiger partial charge in [-0.05, 0) is 55.0 Å². The molecular formula is C29H36FN3O6. The number of rotatable bonds is 14. The minimum atomic E-state index is -1.18. The van der Waals surface area contributed by atoms with Crippen LogP contribution >= 0.6 is 0 Å². The molecule has 0 aliphatic rings. The van der Waals surface area contributed by atoms with E-state index in [1.807, 2.05) is 44.2 Å². The van der Waals surface area contributed by atoms with Crippen LogP contribution in [0.5, 0.6) is 0 Å². The number of amides is 1. The fourth-order valence-corrected chi connectivity index (χ4v) is 4.57. The first-order valence-corrected chi connectivity index (χ1v) is 12.9. The van der Waals surface area contributed by atoms with E-state index in [4.69, 9.17) is 14.9 Å². The fourth-order valence-electron chi connectivity index (χ4n) is 4.57. The van der Waals surface area contributed by atoms with Gasteiger partial charge in [0.25, 0.3) is 5.91 Å². The van der Waals surface area contributed by atoms with Crippen LogP contribution in [-0.2, 0) is 22.5 Å². The van der Waals surface area contributed by atoms with Crippen LogP contribution in [0.3, 0.4) is 0 Å². The molecule has 10 heteroatoms. The average Bonchev–Trinajstić information content (AvgIpc) is 3.27. The molecular weight excluding hydrogens is 505 g/mol. The Balaban J connectivity index is 2.00. The maximum atomic E-state index is 13.9. The third-order valence-corrected chi connectivity index (χ3v) is 6.33. The lowest BCUT2D eigenvalue weighted by Crippen LogP contribution is -2.33. The maximum Gasteiger partial charge on any atom is 0.305 e. The number of aromatic nitrogens is 2. The number of methoxy groups -OCH3 is 1. The lowest BCUT2D eigenvalue weighted by molar-refractivity contribution is -0.139. The topological polar surface area (TPSA) is 125 Å². The molecule has 0 saturated carbocycles. The molecule has 0 fully saturated rings. The van der Waals surface area contributed by atoms with Gasteiger partial charge >= 0.3 is 5.97 Å². The molecule has 0 radical (unpaired) electrons. The van der Waals surface area contributed by atoms with Gasteiger partial charge in [0, 0.05) is 24.9 Å². The van der Waals surface area contributed by atoms with E-state index in [9.17, 15) is 24.2 Å². The second kappa shape index (κ2) is 14.0. The molecule has 3 rings (SSSR count). The van der Waals surface area contributed by atoms with Crippen LogP contribution in [-0.4, -0.2) is 67.9 Å². The zero-order valence-electron chi connectivity index (χ0n) is 22.5. The van der Waals surface area contributed by atoms with Gasteiger partial charge in [-0.1, -0.05) is 44.2 Å². The van der Waals surface area contributed by atoms with E-state index in [-0.39, 0.29) is 43.5 Å². The first-order chi connectivity index (χ1) is 18.6. The van der Waals surface area contributed by atoms with E-state index in [1.165, 1.54) is 19.2 Å². The van der Waals surface area contributed by atoms with Gasteiger partial charge in [0.05, 0.1) is 24.3 Å². The summed E-state index contributed by atoms with van der Waals surface area (Å²) in [5.41, 5.74) is 3.07. The summed E-state index contributed by atoms with van der Waals surface area (Å²) in [7, 11) is 1.51. The van der Waals surface area contributed by atoms with Gasteiger partial charge in [0.15, 0.2) is 5.69 Å². The standard InChI is InChI=1S/C29H36FN3O6/c1-19(2)27-25(14-13-23(34)15-24(35)16-26(36)37)33(22-11-9-21(30)10-12-22)31-28(27)29(38)32(18-39-3)17-20-7-5-4-6-8-20/h4-12,19,23-24,34-35H,13-18H2,1-3H3,(H,36,37). The van der Waals surface area contributed by atoms with E-state index < -0.39 is 30.4 Å². The summed E-state index contributed by atoms with van der Waals surface area (Å²) >= 11 is 0. The summed E-state index contributed by atoms with van der Waals surface area (Å²) in [6, 6.07) is 15.3. The second-order valence-corrected chi connectivity index (χ2v) is 9.84. The lowest BCUT2D eigenvalue weighted by Gasteiger charge is -2.22. The molecule has 1 heterocycles. The van der Waals surface area contributed by atoms with Gasteiger partial charge in [-0.25, -0.2) is 9.07 Å². The monoisotopic (exact) mass is 541 g/mol. The van der Waals surface area contributed by atoms with Crippen molar-refractivity contribution in [1.29, 1.82) is 0 Å². The van der Waals surface area contributed by atoms with Crippen molar-refractivity contribution in [3.63, 3.8) is 0 Å². The summed E-state index contributed by atoms with van der Waals surface area (Å²) in [5, 5.41) is 34.1. The van der Waals surface area contributed by atoms with Gasteiger partial charge in [-0.2, -0.15) is 5.10 Å². The zero-order chi connectivity index (χ0) is 28.5. The van der Waals surface area contributed by atoms with Crippen molar-refractivity contribution in [3.8, 4) is 5.69 Å². The van der Waals surface area contributed by atoms with Crippen LogP contribution in [0.2, 0.25) is 0 Å². The van der Waals surface area contributed by atoms with Crippen LogP contribution in [0.15, 0.2) is 54.6 Å². The number of aliphatic hydroxyl groups excluding tert-OH is 2. The molecule has 0 spiro atoms. The first-order valence-electron chi connectivity index (χ1n) is 12.9. The van der Waals surface area contributed by atoms with Gasteiger partial charge in [-0.15, -0.1) is 0 Å². The van der Waals surface area contributed by atoms with E-state index >= 15 is 0 Å². The van der Waals surface area contributed by atoms with Crippen molar-refractivity contribution in [2.24, 2.45) is 0 Å². The Bertz CT molecular complexity index is 1230. The molecule has 2 unspecified atom stereocenters. The quantitative estimate of drug-likeness (QED) is 0.264. The van der Waals surface area contributed by atoms with Gasteiger partial charge < -0.3 is 25.0 Å². The molecule has 1 aromatic heterocycles. The molecule has 2 atom stereocenters. The van der Waals surface area contributed by atoms with Crippen LogP contribution in [0.4, 0.5) is 4.39 Å². The number of nitrogens with zero attached hydrogens (tertiary/aromatic N) is 3. The van der Waals surface area contributed by atoms with Crippen molar-refractivity contribution >= 4 is 11.9 Å². The number of benzene rings is 2. The molecule has 2 aromatic carbocycles. The van der Waals surface area contributed by atoms with Crippen molar-refractivity contribution in [2.45, 2.75) is 64.2 Å². The number of aliphatic hydroxyl groups is 2. The summed E-state index contributed by atoms with van der Waals surface area (Å²) in [5.74, 6) is -2.01. The molecule has 0 saturated heterocycles. The van der Waals surface area contributed by atoms with Gasteiger partial charge in [0.1, 0.15) is 12.5 Å². The number of carbonyl (C=O) groups excluding carboxylic acids is 1. The Morgan fingerprint density at radius 1 is 1.05 bits per heavy atom. The second-order valence-electron chi connectivity index (χ2n) is 9.84. The predicted octanol–water partition coefficient (Wildman–Crippen LogP) is 3.90. The Morgan fingerprint density at radius 3 is 2.31 bits per heavy atom. The maximum absolute atomic E-state index is 13.9. The number of carbonyl (C=O) groups is 2. The molecule has 3 N–H and O–H groups in total. The minimum Gasteiger partial charge on any atom is -0.481 e. The Hall–Kier alpha value is -3.60. The highest BCUT2D eigenvalue weighted by molar-refractivity contribution is 5.94. The van der Waals surface area contributed by atoms with Gasteiger partial charge in [-0.3, -0.25) is 9.59 Å². The molecule has 0 aliphatic carbocycles. The van der Waals surface area contributed by atoms with E-state index in [0.717, 1.165) is 5.56 Å². The fraction of sp³-hybridized carbons (Fsp3) is 0.414. The summed E-state index contributed by atoms with van der Waals surface area (Å²) < 4.78 is 20.6. The number of halogens is 1. The number of carboxylic acids is 1. The van der Waals surface area contributed by atoms with Crippen molar-refractivity contribution in [2.75, 3.05) is 13.8 Å². The Kier molecular flexibility index (Phi) is 10.7. The highest BCUT2D eigenvalue weighted by atomic mass is 19.1. The third-order valence-electron chi connectivity index (χ3n) is 6.33. The Morgan fingerprint density at radius 2 is 1.72 bits per heavy atom. The summed E-state index contributed by atoms with van der Waals surface area (Å²) in [4.78, 5) is 26.3. The number of hydrogen-bond acceptors (Lipinski definition) is 6. The molecule has 9 nitrogen and oxygen atoms in total. The van der Waals surface area contributed by atoms with Gasteiger partial charge in [0.2, 0.25) is 0 Å². The van der Waals surface area contributed by atoms with E-state index in [2.05, 4.69) is 0 Å². The summed E-state index contributed by atoms with van der Waals surface area (Å²) in [6.07, 6.45) is -2.23. The number of hydrogen-bond donors (Lipinski definition) is 3. The SMILES string of the molecule is COCN(Cc1ccccc1)C(=O)c1nn(-c2ccc(F)cc2)c(CCC(O)CC(O)CC(=O)O)c1C(C)C. The van der Waals surface area contributed by atoms with Crippen molar-refractivity contribution in [3.05, 3.63) is 82.9 Å². The zero-order valence-corrected chi connectivity index (χ0v) is 22.5. The molecule has 0 aliphatic heterocycles. The average molecular weight is 542 g/mol. The highest BCUT2D eigenvalue weighted by Gasteiger charge is 2.29. The third kappa shape index (κ3) is 8.19. The molecule has 39 heavy (non-hydrogen) atoms. The first kappa shape index (κ1) is 29.9. The number of aliphatic carboxylic acids is 1. The number of carboxylic acid groups (broad SMARTS) is 1. The van der Waals surface area contributed by atoms with Crippen LogP contribution in [0, 0.1) is 5.82 Å². The Labute approximate surface area is 227 Å². The predicted molar refractivity (Wildman–Crippen MR) is 143 cm³/mol. The summed E-state index contributed by atoms with van der Waals surface area (Å²) in [6.45, 7) is 4.24. The normalized spacial score (nSPS) is 12.9. The smallest absolute Gasteiger partial charge is 0.305 e. The van der Waals surface area contributed by atoms with E-state index in [0.29, 0.717) is 23.5 Å². The molecule has 3 aromatic rings. The minimum absolute atomic E-state index is 0.0458. The molecule has 210 valence electrons. The molecule has 0 bridgehead atoms. The van der Waals surface area contributed by atoms with Crippen LogP contribution in [0.1, 0.15) is 66.3 Å². The number of ether oxygens (including phenoxy) is 1. The lowest BCUT2D eigenvalue weighted by atomic mass is 9.95. The van der Waals surface area contributed by atoms with Crippen LogP contribution in [0.25, 0.3) is 5.69 Å². The molecule has 1 amide bonds. The van der Waals surface area contributed by atoms with Crippen molar-refractivity contribution in [1.82, 2.24) is 14.7 Å². The van der Waals surface area contributed by atoms with Crippen molar-refractivity contribution < 1.29 is 34.0 Å².